The molecule has 0 aliphatic carbocycles. The molecule has 0 radical (unpaired) electrons. The molecule has 0 saturated carbocycles. The Morgan fingerprint density at radius 3 is 2.69 bits per heavy atom. The van der Waals surface area contributed by atoms with Crippen LogP contribution in [0.15, 0.2) is 42.6 Å². The fourth-order valence-electron chi connectivity index (χ4n) is 3.09. The first-order valence-corrected chi connectivity index (χ1v) is 9.17. The predicted octanol–water partition coefficient (Wildman–Crippen LogP) is 3.40. The zero-order valence-corrected chi connectivity index (χ0v) is 15.1. The molecule has 1 aliphatic heterocycles. The van der Waals surface area contributed by atoms with Gasteiger partial charge in [-0.2, -0.15) is 0 Å². The lowest BCUT2D eigenvalue weighted by Crippen LogP contribution is -2.49. The first-order valence-electron chi connectivity index (χ1n) is 9.17. The molecule has 1 aromatic carbocycles. The third-order valence-corrected chi connectivity index (χ3v) is 4.60. The summed E-state index contributed by atoms with van der Waals surface area (Å²) in [6.45, 7) is 5.37. The minimum absolute atomic E-state index is 0.0719. The van der Waals surface area contributed by atoms with Crippen molar-refractivity contribution in [1.82, 2.24) is 9.88 Å². The number of piperazine rings is 1. The molecule has 0 spiro atoms. The summed E-state index contributed by atoms with van der Waals surface area (Å²) in [5, 5.41) is 3.32. The first-order chi connectivity index (χ1) is 12.7. The molecule has 26 heavy (non-hydrogen) atoms. The lowest BCUT2D eigenvalue weighted by Gasteiger charge is -2.36. The van der Waals surface area contributed by atoms with Gasteiger partial charge in [-0.05, 0) is 30.7 Å². The molecule has 0 bridgehead atoms. The predicted molar refractivity (Wildman–Crippen MR) is 102 cm³/mol. The van der Waals surface area contributed by atoms with Gasteiger partial charge in [0.15, 0.2) is 0 Å². The Labute approximate surface area is 153 Å². The minimum Gasteiger partial charge on any atom is -0.385 e. The second-order valence-corrected chi connectivity index (χ2v) is 6.44. The van der Waals surface area contributed by atoms with Crippen molar-refractivity contribution in [3.8, 4) is 0 Å². The average molecular weight is 356 g/mol. The van der Waals surface area contributed by atoms with Crippen molar-refractivity contribution in [2.45, 2.75) is 19.8 Å². The maximum absolute atomic E-state index is 13.9. The Kier molecular flexibility index (Phi) is 6.04. The number of nitrogens with one attached hydrogen (secondary N) is 1. The van der Waals surface area contributed by atoms with E-state index in [4.69, 9.17) is 0 Å². The quantitative estimate of drug-likeness (QED) is 0.806. The SMILES string of the molecule is CCCCNc1ccnc(C(=O)N2CCN(c3ccccc3F)CC2)c1. The molecular formula is C20H25FN4O. The topological polar surface area (TPSA) is 48.5 Å². The van der Waals surface area contributed by atoms with Crippen LogP contribution in [0.3, 0.4) is 0 Å². The summed E-state index contributed by atoms with van der Waals surface area (Å²) in [6.07, 6.45) is 3.87. The Morgan fingerprint density at radius 2 is 1.96 bits per heavy atom. The van der Waals surface area contributed by atoms with Crippen LogP contribution in [0.4, 0.5) is 15.8 Å². The molecule has 3 rings (SSSR count). The standard InChI is InChI=1S/C20H25FN4O/c1-2-3-9-22-16-8-10-23-18(15-16)20(26)25-13-11-24(12-14-25)19-7-5-4-6-17(19)21/h4-8,10,15H,2-3,9,11-14H2,1H3,(H,22,23). The van der Waals surface area contributed by atoms with Gasteiger partial charge < -0.3 is 15.1 Å². The minimum atomic E-state index is -0.222. The van der Waals surface area contributed by atoms with Crippen molar-refractivity contribution in [2.75, 3.05) is 42.9 Å². The highest BCUT2D eigenvalue weighted by Gasteiger charge is 2.24. The van der Waals surface area contributed by atoms with Crippen molar-refractivity contribution in [1.29, 1.82) is 0 Å². The van der Waals surface area contributed by atoms with Crippen LogP contribution in [0.25, 0.3) is 0 Å². The van der Waals surface area contributed by atoms with Gasteiger partial charge in [-0.25, -0.2) is 4.39 Å². The number of carbonyl (C=O) groups is 1. The highest BCUT2D eigenvalue weighted by molar-refractivity contribution is 5.93. The number of hydrogen-bond donors (Lipinski definition) is 1. The second kappa shape index (κ2) is 8.65. The Morgan fingerprint density at radius 1 is 1.19 bits per heavy atom. The Hall–Kier alpha value is -2.63. The largest absolute Gasteiger partial charge is 0.385 e. The van der Waals surface area contributed by atoms with Crippen molar-refractivity contribution < 1.29 is 9.18 Å². The normalized spacial score (nSPS) is 14.4. The van der Waals surface area contributed by atoms with Crippen LogP contribution in [-0.2, 0) is 0 Å². The fraction of sp³-hybridized carbons (Fsp3) is 0.400. The maximum Gasteiger partial charge on any atom is 0.272 e. The number of pyridine rings is 1. The highest BCUT2D eigenvalue weighted by atomic mass is 19.1. The van der Waals surface area contributed by atoms with Gasteiger partial charge in [0.1, 0.15) is 11.5 Å². The van der Waals surface area contributed by atoms with E-state index in [2.05, 4.69) is 17.2 Å². The van der Waals surface area contributed by atoms with E-state index < -0.39 is 0 Å². The molecule has 1 N–H and O–H groups in total. The van der Waals surface area contributed by atoms with Gasteiger partial charge in [0, 0.05) is 44.6 Å². The molecule has 1 aromatic heterocycles. The Balaban J connectivity index is 1.60. The van der Waals surface area contributed by atoms with Crippen molar-refractivity contribution in [3.05, 3.63) is 54.1 Å². The molecule has 5 nitrogen and oxygen atoms in total. The summed E-state index contributed by atoms with van der Waals surface area (Å²) < 4.78 is 13.9. The fourth-order valence-corrected chi connectivity index (χ4v) is 3.09. The zero-order chi connectivity index (χ0) is 18.4. The third-order valence-electron chi connectivity index (χ3n) is 4.60. The van der Waals surface area contributed by atoms with Gasteiger partial charge >= 0.3 is 0 Å². The van der Waals surface area contributed by atoms with Crippen molar-refractivity contribution >= 4 is 17.3 Å². The number of carbonyl (C=O) groups excluding carboxylic acids is 1. The van der Waals surface area contributed by atoms with Gasteiger partial charge in [0.25, 0.3) is 5.91 Å². The monoisotopic (exact) mass is 356 g/mol. The number of aromatic nitrogens is 1. The van der Waals surface area contributed by atoms with E-state index in [1.807, 2.05) is 17.0 Å². The number of unbranched alkanes of at least 4 members (excludes halogenated alkanes) is 1. The smallest absolute Gasteiger partial charge is 0.272 e. The number of anilines is 2. The molecule has 1 aliphatic rings. The van der Waals surface area contributed by atoms with Gasteiger partial charge in [0.2, 0.25) is 0 Å². The van der Waals surface area contributed by atoms with Crippen LogP contribution in [0.5, 0.6) is 0 Å². The number of amides is 1. The van der Waals surface area contributed by atoms with Crippen LogP contribution < -0.4 is 10.2 Å². The van der Waals surface area contributed by atoms with Gasteiger partial charge in [-0.1, -0.05) is 25.5 Å². The van der Waals surface area contributed by atoms with Crippen LogP contribution in [0.1, 0.15) is 30.3 Å². The van der Waals surface area contributed by atoms with Gasteiger partial charge in [-0.15, -0.1) is 0 Å². The zero-order valence-electron chi connectivity index (χ0n) is 15.1. The van der Waals surface area contributed by atoms with E-state index in [1.165, 1.54) is 6.07 Å². The highest BCUT2D eigenvalue weighted by Crippen LogP contribution is 2.21. The molecule has 1 fully saturated rings. The lowest BCUT2D eigenvalue weighted by atomic mass is 10.2. The molecule has 2 aromatic rings. The molecule has 6 heteroatoms. The van der Waals surface area contributed by atoms with E-state index in [1.54, 1.807) is 29.3 Å². The van der Waals surface area contributed by atoms with Crippen LogP contribution in [0, 0.1) is 5.82 Å². The number of para-hydroxylation sites is 1. The van der Waals surface area contributed by atoms with E-state index >= 15 is 0 Å². The van der Waals surface area contributed by atoms with E-state index in [9.17, 15) is 9.18 Å². The molecular weight excluding hydrogens is 331 g/mol. The van der Waals surface area contributed by atoms with Crippen LogP contribution >= 0.6 is 0 Å². The van der Waals surface area contributed by atoms with Crippen molar-refractivity contribution in [3.63, 3.8) is 0 Å². The molecule has 0 atom stereocenters. The maximum atomic E-state index is 13.9. The molecule has 1 saturated heterocycles. The first kappa shape index (κ1) is 18.2. The van der Waals surface area contributed by atoms with Crippen molar-refractivity contribution in [2.24, 2.45) is 0 Å². The molecule has 138 valence electrons. The average Bonchev–Trinajstić information content (AvgIpc) is 2.68. The summed E-state index contributed by atoms with van der Waals surface area (Å²) >= 11 is 0. The summed E-state index contributed by atoms with van der Waals surface area (Å²) in [6, 6.07) is 10.4. The molecule has 0 unspecified atom stereocenters. The van der Waals surface area contributed by atoms with E-state index in [0.717, 1.165) is 25.1 Å². The number of benzene rings is 1. The van der Waals surface area contributed by atoms with E-state index in [-0.39, 0.29) is 11.7 Å². The number of nitrogens with zero attached hydrogens (tertiary/aromatic N) is 3. The number of hydrogen-bond acceptors (Lipinski definition) is 4. The number of rotatable bonds is 6. The van der Waals surface area contributed by atoms with Gasteiger partial charge in [-0.3, -0.25) is 9.78 Å². The molecule has 2 heterocycles. The number of halogens is 1. The lowest BCUT2D eigenvalue weighted by molar-refractivity contribution is 0.0741. The van der Waals surface area contributed by atoms with E-state index in [0.29, 0.717) is 37.6 Å². The summed E-state index contributed by atoms with van der Waals surface area (Å²) in [5.41, 5.74) is 1.97. The summed E-state index contributed by atoms with van der Waals surface area (Å²) in [5.74, 6) is -0.294. The second-order valence-electron chi connectivity index (χ2n) is 6.44. The third kappa shape index (κ3) is 4.31. The van der Waals surface area contributed by atoms with Crippen LogP contribution in [0.2, 0.25) is 0 Å². The summed E-state index contributed by atoms with van der Waals surface area (Å²) in [4.78, 5) is 20.7. The van der Waals surface area contributed by atoms with Gasteiger partial charge in [0.05, 0.1) is 5.69 Å². The molecule has 1 amide bonds. The van der Waals surface area contributed by atoms with Crippen LogP contribution in [-0.4, -0.2) is 48.5 Å². The Bertz CT molecular complexity index is 744. The summed E-state index contributed by atoms with van der Waals surface area (Å²) in [7, 11) is 0.